The van der Waals surface area contributed by atoms with Crippen molar-refractivity contribution >= 4 is 0 Å². The van der Waals surface area contributed by atoms with E-state index in [-0.39, 0.29) is 0 Å². The molecule has 90 valence electrons. The maximum atomic E-state index is 4.20. The van der Waals surface area contributed by atoms with Gasteiger partial charge in [-0.25, -0.2) is 0 Å². The number of nitrogens with one attached hydrogen (secondary N) is 1. The molecule has 0 bridgehead atoms. The van der Waals surface area contributed by atoms with Gasteiger partial charge in [0, 0.05) is 19.0 Å². The molecule has 4 nitrogen and oxygen atoms in total. The normalized spacial score (nSPS) is 21.2. The Hall–Kier alpha value is -0.900. The summed E-state index contributed by atoms with van der Waals surface area (Å²) in [5.41, 5.74) is 0. The smallest absolute Gasteiger partial charge is 0.132 e. The Morgan fingerprint density at radius 3 is 3.19 bits per heavy atom. The van der Waals surface area contributed by atoms with Gasteiger partial charge in [-0.05, 0) is 32.2 Å². The lowest BCUT2D eigenvalue weighted by Crippen LogP contribution is -2.34. The van der Waals surface area contributed by atoms with Crippen LogP contribution in [0.1, 0.15) is 44.9 Å². The molecule has 0 saturated carbocycles. The van der Waals surface area contributed by atoms with Crippen molar-refractivity contribution in [3.05, 3.63) is 12.2 Å². The lowest BCUT2D eigenvalue weighted by Gasteiger charge is -2.23. The van der Waals surface area contributed by atoms with Gasteiger partial charge in [0.15, 0.2) is 0 Å². The molecule has 2 heterocycles. The molecule has 0 radical (unpaired) electrons. The average Bonchev–Trinajstić information content (AvgIpc) is 2.76. The van der Waals surface area contributed by atoms with Crippen molar-refractivity contribution in [2.75, 3.05) is 6.54 Å². The second-order valence-corrected chi connectivity index (χ2v) is 4.63. The number of aryl methyl sites for hydroxylation is 2. The van der Waals surface area contributed by atoms with E-state index in [2.05, 4.69) is 27.0 Å². The predicted octanol–water partition coefficient (Wildman–Crippen LogP) is 1.76. The van der Waals surface area contributed by atoms with Gasteiger partial charge < -0.3 is 9.88 Å². The lowest BCUT2D eigenvalue weighted by atomic mass is 10.0. The third-order valence-corrected chi connectivity index (χ3v) is 3.29. The van der Waals surface area contributed by atoms with Crippen molar-refractivity contribution in [2.45, 2.75) is 58.0 Å². The molecule has 1 aliphatic heterocycles. The van der Waals surface area contributed by atoms with Crippen LogP contribution in [0.5, 0.6) is 0 Å². The van der Waals surface area contributed by atoms with Crippen molar-refractivity contribution < 1.29 is 0 Å². The molecule has 1 fully saturated rings. The number of rotatable bonds is 5. The van der Waals surface area contributed by atoms with E-state index < -0.39 is 0 Å². The molecule has 0 aliphatic carbocycles. The summed E-state index contributed by atoms with van der Waals surface area (Å²) >= 11 is 0. The quantitative estimate of drug-likeness (QED) is 0.825. The monoisotopic (exact) mass is 222 g/mol. The zero-order chi connectivity index (χ0) is 11.2. The highest BCUT2D eigenvalue weighted by Crippen LogP contribution is 2.12. The zero-order valence-corrected chi connectivity index (χ0v) is 10.2. The predicted molar refractivity (Wildman–Crippen MR) is 64.3 cm³/mol. The van der Waals surface area contributed by atoms with Gasteiger partial charge in [-0.2, -0.15) is 0 Å². The van der Waals surface area contributed by atoms with Crippen LogP contribution in [0.3, 0.4) is 0 Å². The molecule has 1 unspecified atom stereocenters. The van der Waals surface area contributed by atoms with E-state index in [0.29, 0.717) is 6.04 Å². The first-order valence-electron chi connectivity index (χ1n) is 6.50. The van der Waals surface area contributed by atoms with E-state index in [1.807, 2.05) is 6.33 Å². The minimum absolute atomic E-state index is 0.695. The maximum Gasteiger partial charge on any atom is 0.132 e. The molecule has 4 heteroatoms. The maximum absolute atomic E-state index is 4.20. The Morgan fingerprint density at radius 2 is 2.44 bits per heavy atom. The van der Waals surface area contributed by atoms with E-state index in [4.69, 9.17) is 0 Å². The summed E-state index contributed by atoms with van der Waals surface area (Å²) in [5.74, 6) is 1.15. The first kappa shape index (κ1) is 11.6. The van der Waals surface area contributed by atoms with Crippen LogP contribution in [0.4, 0.5) is 0 Å². The van der Waals surface area contributed by atoms with Gasteiger partial charge in [0.2, 0.25) is 0 Å². The van der Waals surface area contributed by atoms with E-state index in [1.54, 1.807) is 0 Å². The van der Waals surface area contributed by atoms with Crippen LogP contribution in [-0.2, 0) is 13.0 Å². The summed E-state index contributed by atoms with van der Waals surface area (Å²) in [6.45, 7) is 4.42. The van der Waals surface area contributed by atoms with Gasteiger partial charge in [0.25, 0.3) is 0 Å². The van der Waals surface area contributed by atoms with Crippen molar-refractivity contribution in [3.8, 4) is 0 Å². The van der Waals surface area contributed by atoms with Gasteiger partial charge in [-0.1, -0.05) is 13.3 Å². The highest BCUT2D eigenvalue weighted by atomic mass is 15.3. The van der Waals surface area contributed by atoms with Crippen LogP contribution in [-0.4, -0.2) is 27.4 Å². The number of aromatic nitrogens is 3. The molecule has 1 saturated heterocycles. The molecule has 1 aromatic rings. The molecule has 0 spiro atoms. The van der Waals surface area contributed by atoms with E-state index in [0.717, 1.165) is 25.2 Å². The summed E-state index contributed by atoms with van der Waals surface area (Å²) in [6, 6.07) is 0.695. The summed E-state index contributed by atoms with van der Waals surface area (Å²) in [5, 5.41) is 11.8. The topological polar surface area (TPSA) is 42.7 Å². The standard InChI is InChI=1S/C12H22N4/c1-2-9-16-10-14-15-12(16)7-6-11-5-3-4-8-13-11/h10-11,13H,2-9H2,1H3. The van der Waals surface area contributed by atoms with Crippen LogP contribution in [0.25, 0.3) is 0 Å². The fraction of sp³-hybridized carbons (Fsp3) is 0.833. The Kier molecular flexibility index (Phi) is 4.34. The highest BCUT2D eigenvalue weighted by Gasteiger charge is 2.13. The van der Waals surface area contributed by atoms with Crippen LogP contribution in [0.2, 0.25) is 0 Å². The van der Waals surface area contributed by atoms with Crippen molar-refractivity contribution in [1.29, 1.82) is 0 Å². The molecular weight excluding hydrogens is 200 g/mol. The second-order valence-electron chi connectivity index (χ2n) is 4.63. The number of piperidine rings is 1. The zero-order valence-electron chi connectivity index (χ0n) is 10.2. The summed E-state index contributed by atoms with van der Waals surface area (Å²) < 4.78 is 2.18. The van der Waals surface area contributed by atoms with E-state index in [9.17, 15) is 0 Å². The van der Waals surface area contributed by atoms with Crippen molar-refractivity contribution in [3.63, 3.8) is 0 Å². The van der Waals surface area contributed by atoms with Crippen LogP contribution >= 0.6 is 0 Å². The molecule has 0 aromatic carbocycles. The third kappa shape index (κ3) is 3.04. The average molecular weight is 222 g/mol. The number of nitrogens with zero attached hydrogens (tertiary/aromatic N) is 3. The van der Waals surface area contributed by atoms with Gasteiger partial charge in [0.05, 0.1) is 0 Å². The fourth-order valence-electron chi connectivity index (χ4n) is 2.37. The Balaban J connectivity index is 1.81. The fourth-order valence-corrected chi connectivity index (χ4v) is 2.37. The largest absolute Gasteiger partial charge is 0.318 e. The van der Waals surface area contributed by atoms with Crippen molar-refractivity contribution in [2.24, 2.45) is 0 Å². The second kappa shape index (κ2) is 5.99. The Morgan fingerprint density at radius 1 is 1.50 bits per heavy atom. The number of hydrogen-bond acceptors (Lipinski definition) is 3. The van der Waals surface area contributed by atoms with Crippen LogP contribution in [0.15, 0.2) is 6.33 Å². The molecule has 1 aromatic heterocycles. The molecule has 1 atom stereocenters. The van der Waals surface area contributed by atoms with Crippen LogP contribution in [0, 0.1) is 0 Å². The van der Waals surface area contributed by atoms with Crippen LogP contribution < -0.4 is 5.32 Å². The van der Waals surface area contributed by atoms with E-state index >= 15 is 0 Å². The highest BCUT2D eigenvalue weighted by molar-refractivity contribution is 4.88. The van der Waals surface area contributed by atoms with Crippen molar-refractivity contribution in [1.82, 2.24) is 20.1 Å². The first-order chi connectivity index (χ1) is 7.90. The van der Waals surface area contributed by atoms with Gasteiger partial charge in [-0.3, -0.25) is 0 Å². The molecule has 2 rings (SSSR count). The SMILES string of the molecule is CCCn1cnnc1CCC1CCCCN1. The lowest BCUT2D eigenvalue weighted by molar-refractivity contribution is 0.379. The summed E-state index contributed by atoms with van der Waals surface area (Å²) in [7, 11) is 0. The van der Waals surface area contributed by atoms with Gasteiger partial charge >= 0.3 is 0 Å². The molecule has 1 aliphatic rings. The van der Waals surface area contributed by atoms with E-state index in [1.165, 1.54) is 32.2 Å². The molecular formula is C12H22N4. The minimum Gasteiger partial charge on any atom is -0.318 e. The molecule has 0 amide bonds. The first-order valence-corrected chi connectivity index (χ1v) is 6.50. The number of hydrogen-bond donors (Lipinski definition) is 1. The molecule has 16 heavy (non-hydrogen) atoms. The summed E-state index contributed by atoms with van der Waals surface area (Å²) in [6.07, 6.45) is 9.28. The minimum atomic E-state index is 0.695. The molecule has 1 N–H and O–H groups in total. The van der Waals surface area contributed by atoms with Gasteiger partial charge in [-0.15, -0.1) is 10.2 Å². The Labute approximate surface area is 97.5 Å². The third-order valence-electron chi connectivity index (χ3n) is 3.29. The van der Waals surface area contributed by atoms with Gasteiger partial charge in [0.1, 0.15) is 12.2 Å². The Bertz CT molecular complexity index is 302. The summed E-state index contributed by atoms with van der Waals surface area (Å²) in [4.78, 5) is 0.